The Bertz CT molecular complexity index is 864. The zero-order chi connectivity index (χ0) is 22.8. The van der Waals surface area contributed by atoms with Gasteiger partial charge in [-0.15, -0.1) is 0 Å². The minimum absolute atomic E-state index is 0.0192. The molecule has 1 aliphatic rings. The molecule has 6 heteroatoms. The number of carbonyl (C=O) groups excluding carboxylic acids is 2. The second-order valence-electron chi connectivity index (χ2n) is 8.34. The molecule has 6 nitrogen and oxygen atoms in total. The summed E-state index contributed by atoms with van der Waals surface area (Å²) in [5.41, 5.74) is 1.66. The van der Waals surface area contributed by atoms with Gasteiger partial charge in [-0.05, 0) is 50.0 Å². The van der Waals surface area contributed by atoms with Crippen LogP contribution in [0.4, 0.5) is 5.69 Å². The average molecular weight is 438 g/mol. The quantitative estimate of drug-likeness (QED) is 0.541. The van der Waals surface area contributed by atoms with Gasteiger partial charge in [0.15, 0.2) is 0 Å². The molecule has 3 rings (SSSR count). The maximum atomic E-state index is 13.4. The zero-order valence-corrected chi connectivity index (χ0v) is 19.2. The third kappa shape index (κ3) is 6.57. The fourth-order valence-corrected chi connectivity index (χ4v) is 4.23. The van der Waals surface area contributed by atoms with Gasteiger partial charge in [-0.3, -0.25) is 14.5 Å². The first-order valence-corrected chi connectivity index (χ1v) is 11.6. The molecule has 0 spiro atoms. The van der Waals surface area contributed by atoms with E-state index in [-0.39, 0.29) is 17.7 Å². The molecule has 0 saturated carbocycles. The highest BCUT2D eigenvalue weighted by atomic mass is 16.5. The average Bonchev–Trinajstić information content (AvgIpc) is 2.83. The number of nitrogens with one attached hydrogen (secondary N) is 2. The van der Waals surface area contributed by atoms with Crippen LogP contribution in [0, 0.1) is 5.92 Å². The first-order chi connectivity index (χ1) is 15.6. The number of rotatable bonds is 10. The summed E-state index contributed by atoms with van der Waals surface area (Å²) in [7, 11) is 1.61. The normalized spacial score (nSPS) is 15.7. The Hall–Kier alpha value is -2.86. The second-order valence-corrected chi connectivity index (χ2v) is 8.34. The van der Waals surface area contributed by atoms with Crippen molar-refractivity contribution in [2.75, 3.05) is 32.1 Å². The summed E-state index contributed by atoms with van der Waals surface area (Å²) >= 11 is 0. The van der Waals surface area contributed by atoms with Gasteiger partial charge in [0, 0.05) is 24.2 Å². The molecule has 0 aromatic heterocycles. The molecule has 0 aliphatic carbocycles. The Morgan fingerprint density at radius 2 is 1.81 bits per heavy atom. The SMILES string of the molecule is CCCCCNC(=O)C1CCN(C(C(=O)Nc2cccc(OC)c2)c2ccccc2)CC1. The maximum absolute atomic E-state index is 13.4. The van der Waals surface area contributed by atoms with Crippen molar-refractivity contribution in [3.63, 3.8) is 0 Å². The summed E-state index contributed by atoms with van der Waals surface area (Å²) in [5, 5.41) is 6.13. The van der Waals surface area contributed by atoms with Crippen LogP contribution in [0.15, 0.2) is 54.6 Å². The lowest BCUT2D eigenvalue weighted by Crippen LogP contribution is -2.45. The third-order valence-corrected chi connectivity index (χ3v) is 6.05. The van der Waals surface area contributed by atoms with Crippen LogP contribution in [-0.2, 0) is 9.59 Å². The van der Waals surface area contributed by atoms with Crippen molar-refractivity contribution in [3.8, 4) is 5.75 Å². The van der Waals surface area contributed by atoms with E-state index >= 15 is 0 Å². The molecule has 1 aliphatic heterocycles. The number of carbonyl (C=O) groups is 2. The number of hydrogen-bond acceptors (Lipinski definition) is 4. The van der Waals surface area contributed by atoms with E-state index in [4.69, 9.17) is 4.74 Å². The number of anilines is 1. The Morgan fingerprint density at radius 3 is 2.50 bits per heavy atom. The number of likely N-dealkylation sites (tertiary alicyclic amines) is 1. The Labute approximate surface area is 191 Å². The smallest absolute Gasteiger partial charge is 0.246 e. The van der Waals surface area contributed by atoms with Gasteiger partial charge in [-0.1, -0.05) is 56.2 Å². The van der Waals surface area contributed by atoms with E-state index in [2.05, 4.69) is 22.5 Å². The monoisotopic (exact) mass is 437 g/mol. The lowest BCUT2D eigenvalue weighted by atomic mass is 9.93. The summed E-state index contributed by atoms with van der Waals surface area (Å²) in [5.74, 6) is 0.792. The molecule has 0 radical (unpaired) electrons. The molecular formula is C26H35N3O3. The molecule has 1 fully saturated rings. The number of methoxy groups -OCH3 is 1. The van der Waals surface area contributed by atoms with Crippen LogP contribution >= 0.6 is 0 Å². The van der Waals surface area contributed by atoms with E-state index in [1.165, 1.54) is 0 Å². The standard InChI is InChI=1S/C26H35N3O3/c1-3-4-8-16-27-25(30)21-14-17-29(18-15-21)24(20-10-6-5-7-11-20)26(31)28-22-12-9-13-23(19-22)32-2/h5-7,9-13,19,21,24H,3-4,8,14-18H2,1-2H3,(H,27,30)(H,28,31). The number of unbranched alkanes of at least 4 members (excludes halogenated alkanes) is 2. The number of piperidine rings is 1. The number of benzene rings is 2. The van der Waals surface area contributed by atoms with Crippen LogP contribution < -0.4 is 15.4 Å². The van der Waals surface area contributed by atoms with Crippen LogP contribution in [-0.4, -0.2) is 43.5 Å². The molecule has 32 heavy (non-hydrogen) atoms. The molecule has 2 aromatic carbocycles. The predicted octanol–water partition coefficient (Wildman–Crippen LogP) is 4.39. The van der Waals surface area contributed by atoms with Crippen LogP contribution in [0.3, 0.4) is 0 Å². The molecular weight excluding hydrogens is 402 g/mol. The number of ether oxygens (including phenoxy) is 1. The van der Waals surface area contributed by atoms with Crippen molar-refractivity contribution in [3.05, 3.63) is 60.2 Å². The molecule has 2 aromatic rings. The van der Waals surface area contributed by atoms with Crippen molar-refractivity contribution < 1.29 is 14.3 Å². The van der Waals surface area contributed by atoms with Crippen molar-refractivity contribution in [2.24, 2.45) is 5.92 Å². The summed E-state index contributed by atoms with van der Waals surface area (Å²) in [4.78, 5) is 28.1. The fraction of sp³-hybridized carbons (Fsp3) is 0.462. The van der Waals surface area contributed by atoms with E-state index in [1.807, 2.05) is 54.6 Å². The number of hydrogen-bond donors (Lipinski definition) is 2. The molecule has 1 saturated heterocycles. The maximum Gasteiger partial charge on any atom is 0.246 e. The van der Waals surface area contributed by atoms with E-state index in [0.717, 1.165) is 44.2 Å². The minimum atomic E-state index is -0.407. The lowest BCUT2D eigenvalue weighted by molar-refractivity contribution is -0.127. The molecule has 0 bridgehead atoms. The molecule has 1 unspecified atom stereocenters. The minimum Gasteiger partial charge on any atom is -0.497 e. The first kappa shape index (κ1) is 23.8. The van der Waals surface area contributed by atoms with Gasteiger partial charge in [0.1, 0.15) is 11.8 Å². The van der Waals surface area contributed by atoms with E-state index < -0.39 is 6.04 Å². The van der Waals surface area contributed by atoms with Gasteiger partial charge < -0.3 is 15.4 Å². The summed E-state index contributed by atoms with van der Waals surface area (Å²) in [6, 6.07) is 16.8. The second kappa shape index (κ2) is 12.2. The van der Waals surface area contributed by atoms with Gasteiger partial charge in [-0.25, -0.2) is 0 Å². The molecule has 2 N–H and O–H groups in total. The van der Waals surface area contributed by atoms with Gasteiger partial charge in [-0.2, -0.15) is 0 Å². The van der Waals surface area contributed by atoms with Crippen molar-refractivity contribution >= 4 is 17.5 Å². The van der Waals surface area contributed by atoms with E-state index in [9.17, 15) is 9.59 Å². The van der Waals surface area contributed by atoms with Crippen LogP contribution in [0.5, 0.6) is 5.75 Å². The molecule has 172 valence electrons. The summed E-state index contributed by atoms with van der Waals surface area (Å²) in [6.07, 6.45) is 4.83. The van der Waals surface area contributed by atoms with Crippen LogP contribution in [0.25, 0.3) is 0 Å². The van der Waals surface area contributed by atoms with Crippen molar-refractivity contribution in [1.82, 2.24) is 10.2 Å². The van der Waals surface area contributed by atoms with Crippen LogP contribution in [0.2, 0.25) is 0 Å². The summed E-state index contributed by atoms with van der Waals surface area (Å²) in [6.45, 7) is 4.32. The largest absolute Gasteiger partial charge is 0.497 e. The fourth-order valence-electron chi connectivity index (χ4n) is 4.23. The van der Waals surface area contributed by atoms with Crippen LogP contribution in [0.1, 0.15) is 50.6 Å². The van der Waals surface area contributed by atoms with Gasteiger partial charge in [0.2, 0.25) is 11.8 Å². The zero-order valence-electron chi connectivity index (χ0n) is 19.2. The Kier molecular flexibility index (Phi) is 9.11. The molecule has 1 atom stereocenters. The van der Waals surface area contributed by atoms with E-state index in [0.29, 0.717) is 24.5 Å². The number of nitrogens with zero attached hydrogens (tertiary/aromatic N) is 1. The lowest BCUT2D eigenvalue weighted by Gasteiger charge is -2.36. The van der Waals surface area contributed by atoms with E-state index in [1.54, 1.807) is 7.11 Å². The predicted molar refractivity (Wildman–Crippen MR) is 128 cm³/mol. The molecule has 1 heterocycles. The topological polar surface area (TPSA) is 70.7 Å². The molecule has 2 amide bonds. The first-order valence-electron chi connectivity index (χ1n) is 11.6. The van der Waals surface area contributed by atoms with Crippen molar-refractivity contribution in [2.45, 2.75) is 45.1 Å². The van der Waals surface area contributed by atoms with Gasteiger partial charge in [0.05, 0.1) is 7.11 Å². The Balaban J connectivity index is 1.65. The number of amides is 2. The highest BCUT2D eigenvalue weighted by molar-refractivity contribution is 5.95. The Morgan fingerprint density at radius 1 is 1.06 bits per heavy atom. The van der Waals surface area contributed by atoms with Crippen molar-refractivity contribution in [1.29, 1.82) is 0 Å². The highest BCUT2D eigenvalue weighted by Gasteiger charge is 2.33. The third-order valence-electron chi connectivity index (χ3n) is 6.05. The highest BCUT2D eigenvalue weighted by Crippen LogP contribution is 2.29. The summed E-state index contributed by atoms with van der Waals surface area (Å²) < 4.78 is 5.27. The van der Waals surface area contributed by atoms with Gasteiger partial charge >= 0.3 is 0 Å². The van der Waals surface area contributed by atoms with Gasteiger partial charge in [0.25, 0.3) is 0 Å².